The summed E-state index contributed by atoms with van der Waals surface area (Å²) in [6.07, 6.45) is 0. The summed E-state index contributed by atoms with van der Waals surface area (Å²) in [7, 11) is 0. The lowest BCUT2D eigenvalue weighted by molar-refractivity contribution is 0.889. The van der Waals surface area contributed by atoms with E-state index in [1.807, 2.05) is 24.5 Å². The second-order valence-corrected chi connectivity index (χ2v) is 4.36. The van der Waals surface area contributed by atoms with Gasteiger partial charge in [-0.25, -0.2) is 4.98 Å². The van der Waals surface area contributed by atoms with Crippen molar-refractivity contribution >= 4 is 12.2 Å². The van der Waals surface area contributed by atoms with Crippen molar-refractivity contribution in [3.05, 3.63) is 52.1 Å². The van der Waals surface area contributed by atoms with E-state index in [1.165, 1.54) is 5.56 Å². The SMILES string of the molecule is Cc1ccc(-n2c(C)cc(C)nc2=S)cc1. The monoisotopic (exact) mass is 230 g/mol. The van der Waals surface area contributed by atoms with Gasteiger partial charge in [-0.05, 0) is 51.2 Å². The van der Waals surface area contributed by atoms with Gasteiger partial charge in [0.25, 0.3) is 0 Å². The molecule has 0 aliphatic heterocycles. The average Bonchev–Trinajstić information content (AvgIpc) is 2.19. The highest BCUT2D eigenvalue weighted by molar-refractivity contribution is 7.71. The van der Waals surface area contributed by atoms with Crippen molar-refractivity contribution in [1.29, 1.82) is 0 Å². The molecule has 0 unspecified atom stereocenters. The number of hydrogen-bond acceptors (Lipinski definition) is 2. The summed E-state index contributed by atoms with van der Waals surface area (Å²) in [6.45, 7) is 6.08. The van der Waals surface area contributed by atoms with Crippen LogP contribution in [0.2, 0.25) is 0 Å². The van der Waals surface area contributed by atoms with Crippen molar-refractivity contribution in [2.75, 3.05) is 0 Å². The summed E-state index contributed by atoms with van der Waals surface area (Å²) >= 11 is 5.29. The molecule has 1 heterocycles. The summed E-state index contributed by atoms with van der Waals surface area (Å²) in [6, 6.07) is 10.3. The summed E-state index contributed by atoms with van der Waals surface area (Å²) < 4.78 is 2.60. The molecule has 1 aromatic heterocycles. The fourth-order valence-corrected chi connectivity index (χ4v) is 2.15. The Balaban J connectivity index is 2.65. The van der Waals surface area contributed by atoms with Gasteiger partial charge in [-0.3, -0.25) is 4.57 Å². The zero-order valence-electron chi connectivity index (χ0n) is 9.69. The molecule has 0 N–H and O–H groups in total. The number of rotatable bonds is 1. The maximum absolute atomic E-state index is 5.29. The molecule has 0 spiro atoms. The molecule has 0 saturated carbocycles. The van der Waals surface area contributed by atoms with E-state index in [4.69, 9.17) is 12.2 Å². The lowest BCUT2D eigenvalue weighted by Gasteiger charge is -2.11. The molecule has 2 nitrogen and oxygen atoms in total. The smallest absolute Gasteiger partial charge is 0.204 e. The zero-order valence-corrected chi connectivity index (χ0v) is 10.5. The third-order valence-electron chi connectivity index (χ3n) is 2.53. The van der Waals surface area contributed by atoms with Gasteiger partial charge in [-0.2, -0.15) is 0 Å². The van der Waals surface area contributed by atoms with Crippen LogP contribution < -0.4 is 0 Å². The predicted octanol–water partition coefficient (Wildman–Crippen LogP) is 3.53. The third-order valence-corrected chi connectivity index (χ3v) is 2.80. The Morgan fingerprint density at radius 1 is 1.06 bits per heavy atom. The minimum Gasteiger partial charge on any atom is -0.290 e. The molecule has 0 aliphatic carbocycles. The molecule has 1 aromatic carbocycles. The van der Waals surface area contributed by atoms with E-state index in [1.54, 1.807) is 0 Å². The Morgan fingerprint density at radius 2 is 1.69 bits per heavy atom. The minimum absolute atomic E-state index is 0.612. The van der Waals surface area contributed by atoms with E-state index >= 15 is 0 Å². The molecule has 0 radical (unpaired) electrons. The fourth-order valence-electron chi connectivity index (χ4n) is 1.76. The van der Waals surface area contributed by atoms with Crippen molar-refractivity contribution < 1.29 is 0 Å². The summed E-state index contributed by atoms with van der Waals surface area (Å²) in [5.74, 6) is 0. The van der Waals surface area contributed by atoms with Crippen molar-refractivity contribution in [1.82, 2.24) is 9.55 Å². The van der Waals surface area contributed by atoms with E-state index in [-0.39, 0.29) is 0 Å². The first kappa shape index (κ1) is 11.0. The Morgan fingerprint density at radius 3 is 2.25 bits per heavy atom. The minimum atomic E-state index is 0.612. The number of nitrogens with zero attached hydrogens (tertiary/aromatic N) is 2. The third kappa shape index (κ3) is 2.04. The second-order valence-electron chi connectivity index (χ2n) is 3.99. The Bertz CT molecular complexity index is 567. The van der Waals surface area contributed by atoms with Crippen LogP contribution >= 0.6 is 12.2 Å². The molecule has 0 amide bonds. The fraction of sp³-hybridized carbons (Fsp3) is 0.231. The molecule has 0 fully saturated rings. The molecule has 3 heteroatoms. The number of aryl methyl sites for hydroxylation is 3. The Kier molecular flexibility index (Phi) is 2.88. The van der Waals surface area contributed by atoms with Crippen molar-refractivity contribution in [3.63, 3.8) is 0 Å². The lowest BCUT2D eigenvalue weighted by Crippen LogP contribution is -2.04. The number of aromatic nitrogens is 2. The molecule has 0 bridgehead atoms. The van der Waals surface area contributed by atoms with Crippen molar-refractivity contribution in [2.24, 2.45) is 0 Å². The van der Waals surface area contributed by atoms with Crippen LogP contribution in [0, 0.1) is 25.5 Å². The molecular formula is C13H14N2S. The van der Waals surface area contributed by atoms with E-state index in [0.717, 1.165) is 17.1 Å². The normalized spacial score (nSPS) is 10.4. The van der Waals surface area contributed by atoms with Crippen LogP contribution in [0.1, 0.15) is 17.0 Å². The lowest BCUT2D eigenvalue weighted by atomic mass is 10.2. The predicted molar refractivity (Wildman–Crippen MR) is 68.6 cm³/mol. The maximum atomic E-state index is 5.29. The highest BCUT2D eigenvalue weighted by Gasteiger charge is 2.02. The van der Waals surface area contributed by atoms with Gasteiger partial charge < -0.3 is 0 Å². The molecule has 2 aromatic rings. The Labute approximate surface area is 101 Å². The molecule has 82 valence electrons. The largest absolute Gasteiger partial charge is 0.290 e. The van der Waals surface area contributed by atoms with Gasteiger partial charge in [-0.1, -0.05) is 17.7 Å². The van der Waals surface area contributed by atoms with Crippen LogP contribution in [0.25, 0.3) is 5.69 Å². The molecule has 16 heavy (non-hydrogen) atoms. The molecule has 0 saturated heterocycles. The highest BCUT2D eigenvalue weighted by atomic mass is 32.1. The van der Waals surface area contributed by atoms with Crippen LogP contribution in [0.4, 0.5) is 0 Å². The summed E-state index contributed by atoms with van der Waals surface area (Å²) in [5.41, 5.74) is 4.39. The molecular weight excluding hydrogens is 216 g/mol. The van der Waals surface area contributed by atoms with Crippen LogP contribution in [-0.2, 0) is 0 Å². The summed E-state index contributed by atoms with van der Waals surface area (Å²) in [5, 5.41) is 0. The quantitative estimate of drug-likeness (QED) is 0.697. The summed E-state index contributed by atoms with van der Waals surface area (Å²) in [4.78, 5) is 4.31. The van der Waals surface area contributed by atoms with Crippen LogP contribution in [0.5, 0.6) is 0 Å². The van der Waals surface area contributed by atoms with Gasteiger partial charge in [0.2, 0.25) is 4.77 Å². The van der Waals surface area contributed by atoms with Gasteiger partial charge in [-0.15, -0.1) is 0 Å². The van der Waals surface area contributed by atoms with E-state index in [0.29, 0.717) is 4.77 Å². The molecule has 0 aliphatic rings. The van der Waals surface area contributed by atoms with Crippen molar-refractivity contribution in [2.45, 2.75) is 20.8 Å². The van der Waals surface area contributed by atoms with Gasteiger partial charge in [0.05, 0.1) is 0 Å². The van der Waals surface area contributed by atoms with Gasteiger partial charge >= 0.3 is 0 Å². The molecule has 2 rings (SSSR count). The maximum Gasteiger partial charge on any atom is 0.204 e. The number of benzene rings is 1. The number of hydrogen-bond donors (Lipinski definition) is 0. The van der Waals surface area contributed by atoms with Crippen molar-refractivity contribution in [3.8, 4) is 5.69 Å². The second kappa shape index (κ2) is 4.18. The van der Waals surface area contributed by atoms with Gasteiger partial charge in [0.15, 0.2) is 0 Å². The van der Waals surface area contributed by atoms with E-state index in [2.05, 4.69) is 36.2 Å². The van der Waals surface area contributed by atoms with E-state index in [9.17, 15) is 0 Å². The Hall–Kier alpha value is -1.48. The average molecular weight is 230 g/mol. The standard InChI is InChI=1S/C13H14N2S/c1-9-4-6-12(7-5-9)15-11(3)8-10(2)14-13(15)16/h4-8H,1-3H3. The first-order valence-corrected chi connectivity index (χ1v) is 5.63. The van der Waals surface area contributed by atoms with Crippen LogP contribution in [0.15, 0.2) is 30.3 Å². The van der Waals surface area contributed by atoms with Crippen LogP contribution in [0.3, 0.4) is 0 Å². The van der Waals surface area contributed by atoms with E-state index < -0.39 is 0 Å². The topological polar surface area (TPSA) is 17.8 Å². The highest BCUT2D eigenvalue weighted by Crippen LogP contribution is 2.13. The molecule has 0 atom stereocenters. The first-order valence-electron chi connectivity index (χ1n) is 5.22. The zero-order chi connectivity index (χ0) is 11.7. The first-order chi connectivity index (χ1) is 7.58. The van der Waals surface area contributed by atoms with Crippen LogP contribution in [-0.4, -0.2) is 9.55 Å². The van der Waals surface area contributed by atoms with Gasteiger partial charge in [0, 0.05) is 17.1 Å². The van der Waals surface area contributed by atoms with Gasteiger partial charge in [0.1, 0.15) is 0 Å².